The van der Waals surface area contributed by atoms with Gasteiger partial charge >= 0.3 is 0 Å². The summed E-state index contributed by atoms with van der Waals surface area (Å²) < 4.78 is 12.3. The highest BCUT2D eigenvalue weighted by Gasteiger charge is 2.17. The molecule has 1 aromatic carbocycles. The van der Waals surface area contributed by atoms with E-state index in [0.29, 0.717) is 12.3 Å². The SMILES string of the molecule is CCN(CCCF)CCc1ccccc1C1CCNCC1. The summed E-state index contributed by atoms with van der Waals surface area (Å²) >= 11 is 0. The van der Waals surface area contributed by atoms with Crippen LogP contribution in [0.25, 0.3) is 0 Å². The van der Waals surface area contributed by atoms with Crippen molar-refractivity contribution in [2.75, 3.05) is 39.4 Å². The first-order valence-electron chi connectivity index (χ1n) is 8.42. The van der Waals surface area contributed by atoms with E-state index in [-0.39, 0.29) is 6.67 Å². The van der Waals surface area contributed by atoms with Crippen molar-refractivity contribution in [1.82, 2.24) is 10.2 Å². The number of nitrogens with one attached hydrogen (secondary N) is 1. The first-order valence-corrected chi connectivity index (χ1v) is 8.42. The summed E-state index contributed by atoms with van der Waals surface area (Å²) in [5.74, 6) is 0.711. The summed E-state index contributed by atoms with van der Waals surface area (Å²) in [7, 11) is 0. The molecule has 1 aliphatic rings. The number of benzene rings is 1. The van der Waals surface area contributed by atoms with Crippen LogP contribution in [0, 0.1) is 0 Å². The van der Waals surface area contributed by atoms with E-state index in [2.05, 4.69) is 41.4 Å². The average molecular weight is 292 g/mol. The van der Waals surface area contributed by atoms with E-state index >= 15 is 0 Å². The predicted molar refractivity (Wildman–Crippen MR) is 87.7 cm³/mol. The molecule has 1 fully saturated rings. The molecule has 0 radical (unpaired) electrons. The van der Waals surface area contributed by atoms with E-state index in [1.807, 2.05) is 0 Å². The number of likely N-dealkylation sites (N-methyl/N-ethyl adjacent to an activating group) is 1. The monoisotopic (exact) mass is 292 g/mol. The minimum Gasteiger partial charge on any atom is -0.317 e. The van der Waals surface area contributed by atoms with Crippen molar-refractivity contribution < 1.29 is 4.39 Å². The molecular weight excluding hydrogens is 263 g/mol. The Kier molecular flexibility index (Phi) is 7.17. The maximum atomic E-state index is 12.3. The summed E-state index contributed by atoms with van der Waals surface area (Å²) in [5, 5.41) is 3.44. The number of hydrogen-bond donors (Lipinski definition) is 1. The van der Waals surface area contributed by atoms with Crippen LogP contribution in [-0.2, 0) is 6.42 Å². The number of halogens is 1. The second-order valence-electron chi connectivity index (χ2n) is 5.95. The fourth-order valence-corrected chi connectivity index (χ4v) is 3.28. The van der Waals surface area contributed by atoms with Crippen LogP contribution >= 0.6 is 0 Å². The summed E-state index contributed by atoms with van der Waals surface area (Å²) in [6, 6.07) is 8.91. The van der Waals surface area contributed by atoms with Gasteiger partial charge in [0.1, 0.15) is 0 Å². The molecule has 0 aliphatic carbocycles. The Bertz CT molecular complexity index is 402. The van der Waals surface area contributed by atoms with Crippen LogP contribution in [0.2, 0.25) is 0 Å². The maximum Gasteiger partial charge on any atom is 0.0906 e. The highest BCUT2D eigenvalue weighted by atomic mass is 19.1. The van der Waals surface area contributed by atoms with Gasteiger partial charge in [-0.1, -0.05) is 31.2 Å². The third-order valence-electron chi connectivity index (χ3n) is 4.59. The molecule has 1 heterocycles. The molecule has 1 saturated heterocycles. The average Bonchev–Trinajstić information content (AvgIpc) is 2.56. The molecule has 0 unspecified atom stereocenters. The largest absolute Gasteiger partial charge is 0.317 e. The number of hydrogen-bond acceptors (Lipinski definition) is 2. The van der Waals surface area contributed by atoms with Crippen LogP contribution in [-0.4, -0.2) is 44.3 Å². The molecular formula is C18H29FN2. The zero-order chi connectivity index (χ0) is 14.9. The quantitative estimate of drug-likeness (QED) is 0.790. The summed E-state index contributed by atoms with van der Waals surface area (Å²) in [5.41, 5.74) is 3.03. The van der Waals surface area contributed by atoms with E-state index in [1.54, 1.807) is 5.56 Å². The normalized spacial score (nSPS) is 16.5. The predicted octanol–water partition coefficient (Wildman–Crippen LogP) is 3.38. The van der Waals surface area contributed by atoms with Crippen molar-refractivity contribution in [1.29, 1.82) is 0 Å². The van der Waals surface area contributed by atoms with Gasteiger partial charge in [-0.25, -0.2) is 0 Å². The zero-order valence-corrected chi connectivity index (χ0v) is 13.3. The highest BCUT2D eigenvalue weighted by molar-refractivity contribution is 5.31. The standard InChI is InChI=1S/C18H29FN2/c1-2-21(14-5-11-19)15-10-16-6-3-4-7-18(16)17-8-12-20-13-9-17/h3-4,6-7,17,20H,2,5,8-15H2,1H3. The van der Waals surface area contributed by atoms with Gasteiger partial charge in [0.2, 0.25) is 0 Å². The molecule has 21 heavy (non-hydrogen) atoms. The fourth-order valence-electron chi connectivity index (χ4n) is 3.28. The Labute approximate surface area is 128 Å². The van der Waals surface area contributed by atoms with Gasteiger partial charge in [-0.15, -0.1) is 0 Å². The lowest BCUT2D eigenvalue weighted by atomic mass is 9.86. The first-order chi connectivity index (χ1) is 10.3. The molecule has 1 aliphatic heterocycles. The second kappa shape index (κ2) is 9.16. The van der Waals surface area contributed by atoms with Crippen molar-refractivity contribution in [3.8, 4) is 0 Å². The number of piperidine rings is 1. The van der Waals surface area contributed by atoms with Crippen molar-refractivity contribution in [3.63, 3.8) is 0 Å². The van der Waals surface area contributed by atoms with Crippen molar-refractivity contribution in [2.45, 2.75) is 38.5 Å². The minimum absolute atomic E-state index is 0.206. The van der Waals surface area contributed by atoms with Crippen LogP contribution in [0.15, 0.2) is 24.3 Å². The molecule has 1 N–H and O–H groups in total. The molecule has 118 valence electrons. The Morgan fingerprint density at radius 2 is 1.95 bits per heavy atom. The van der Waals surface area contributed by atoms with Crippen LogP contribution in [0.5, 0.6) is 0 Å². The molecule has 0 atom stereocenters. The molecule has 0 spiro atoms. The Balaban J connectivity index is 1.95. The molecule has 2 rings (SSSR count). The lowest BCUT2D eigenvalue weighted by Gasteiger charge is -2.26. The second-order valence-corrected chi connectivity index (χ2v) is 5.95. The van der Waals surface area contributed by atoms with Gasteiger partial charge in [0.15, 0.2) is 0 Å². The maximum absolute atomic E-state index is 12.3. The van der Waals surface area contributed by atoms with Crippen molar-refractivity contribution in [2.24, 2.45) is 0 Å². The van der Waals surface area contributed by atoms with E-state index in [4.69, 9.17) is 0 Å². The molecule has 3 heteroatoms. The van der Waals surface area contributed by atoms with E-state index in [0.717, 1.165) is 39.1 Å². The van der Waals surface area contributed by atoms with Crippen LogP contribution in [0.4, 0.5) is 4.39 Å². The molecule has 2 nitrogen and oxygen atoms in total. The lowest BCUT2D eigenvalue weighted by Crippen LogP contribution is -2.29. The Morgan fingerprint density at radius 3 is 2.67 bits per heavy atom. The van der Waals surface area contributed by atoms with Gasteiger partial charge in [-0.2, -0.15) is 0 Å². The van der Waals surface area contributed by atoms with Crippen molar-refractivity contribution in [3.05, 3.63) is 35.4 Å². The Hall–Kier alpha value is -0.930. The smallest absolute Gasteiger partial charge is 0.0906 e. The van der Waals surface area contributed by atoms with Crippen LogP contribution in [0.1, 0.15) is 43.2 Å². The van der Waals surface area contributed by atoms with E-state index in [1.165, 1.54) is 18.4 Å². The van der Waals surface area contributed by atoms with Crippen LogP contribution < -0.4 is 5.32 Å². The molecule has 0 aromatic heterocycles. The van der Waals surface area contributed by atoms with Gasteiger partial charge in [-0.3, -0.25) is 4.39 Å². The first kappa shape index (κ1) is 16.4. The molecule has 0 amide bonds. The summed E-state index contributed by atoms with van der Waals surface area (Å²) in [4.78, 5) is 2.36. The lowest BCUT2D eigenvalue weighted by molar-refractivity contribution is 0.274. The van der Waals surface area contributed by atoms with E-state index < -0.39 is 0 Å². The van der Waals surface area contributed by atoms with Gasteiger partial charge in [-0.05, 0) is 62.4 Å². The third kappa shape index (κ3) is 5.08. The van der Waals surface area contributed by atoms with Gasteiger partial charge in [0.25, 0.3) is 0 Å². The van der Waals surface area contributed by atoms with Gasteiger partial charge < -0.3 is 10.2 Å². The molecule has 0 bridgehead atoms. The van der Waals surface area contributed by atoms with Gasteiger partial charge in [0, 0.05) is 13.1 Å². The fraction of sp³-hybridized carbons (Fsp3) is 0.667. The van der Waals surface area contributed by atoms with Crippen LogP contribution in [0.3, 0.4) is 0 Å². The van der Waals surface area contributed by atoms with E-state index in [9.17, 15) is 4.39 Å². The van der Waals surface area contributed by atoms with Gasteiger partial charge in [0.05, 0.1) is 6.67 Å². The Morgan fingerprint density at radius 1 is 1.19 bits per heavy atom. The summed E-state index contributed by atoms with van der Waals surface area (Å²) in [6.45, 7) is 7.16. The number of rotatable bonds is 8. The molecule has 0 saturated carbocycles. The summed E-state index contributed by atoms with van der Waals surface area (Å²) in [6.07, 6.45) is 4.23. The zero-order valence-electron chi connectivity index (χ0n) is 13.3. The number of nitrogens with zero attached hydrogens (tertiary/aromatic N) is 1. The topological polar surface area (TPSA) is 15.3 Å². The highest BCUT2D eigenvalue weighted by Crippen LogP contribution is 2.28. The molecule has 1 aromatic rings. The number of alkyl halides is 1. The third-order valence-corrected chi connectivity index (χ3v) is 4.59. The van der Waals surface area contributed by atoms with Crippen molar-refractivity contribution >= 4 is 0 Å². The minimum atomic E-state index is -0.206.